The second-order valence-corrected chi connectivity index (χ2v) is 15.6. The second kappa shape index (κ2) is 13.2. The molecule has 0 aliphatic rings. The van der Waals surface area contributed by atoms with Crippen molar-refractivity contribution in [3.63, 3.8) is 0 Å². The maximum atomic E-state index is 13.5. The van der Waals surface area contributed by atoms with Gasteiger partial charge in [-0.15, -0.1) is 11.3 Å². The molecule has 0 N–H and O–H groups in total. The van der Waals surface area contributed by atoms with Crippen LogP contribution in [0.5, 0.6) is 0 Å². The van der Waals surface area contributed by atoms with Crippen molar-refractivity contribution in [2.45, 2.75) is 57.3 Å². The summed E-state index contributed by atoms with van der Waals surface area (Å²) < 4.78 is 13.5. The van der Waals surface area contributed by atoms with Gasteiger partial charge in [0.15, 0.2) is 0 Å². The highest BCUT2D eigenvalue weighted by Crippen LogP contribution is 2.39. The Morgan fingerprint density at radius 2 is 1.42 bits per heavy atom. The molecule has 0 bridgehead atoms. The minimum Gasteiger partial charge on any atom is -0.465 e. The number of rotatable bonds is 13. The molecule has 0 aliphatic heterocycles. The van der Waals surface area contributed by atoms with E-state index in [1.165, 1.54) is 4.57 Å². The number of carbonyl (C=O) groups is 2. The normalized spacial score (nSPS) is 13.7. The van der Waals surface area contributed by atoms with Crippen LogP contribution in [-0.4, -0.2) is 59.6 Å². The molecule has 0 fully saturated rings. The monoisotopic (exact) mass is 694 g/mol. The van der Waals surface area contributed by atoms with Crippen molar-refractivity contribution >= 4 is 80.9 Å². The van der Waals surface area contributed by atoms with E-state index in [4.69, 9.17) is 9.47 Å². The summed E-state index contributed by atoms with van der Waals surface area (Å²) in [6.07, 6.45) is 2.06. The first kappa shape index (κ1) is 33.0. The topological polar surface area (TPSA) is 94.9 Å². The lowest BCUT2D eigenvalue weighted by molar-refractivity contribution is -0.156. The molecule has 0 radical (unpaired) electrons. The Labute approximate surface area is 274 Å². The van der Waals surface area contributed by atoms with Crippen molar-refractivity contribution in [2.75, 3.05) is 33.9 Å². The van der Waals surface area contributed by atoms with Gasteiger partial charge in [0.2, 0.25) is 0 Å². The third kappa shape index (κ3) is 6.78. The smallest absolute Gasteiger partial charge is 0.322 e. The molecule has 5 rings (SSSR count). The van der Waals surface area contributed by atoms with E-state index in [-0.39, 0.29) is 37.3 Å². The predicted octanol–water partition coefficient (Wildman–Crippen LogP) is 6.71. The van der Waals surface area contributed by atoms with Crippen LogP contribution in [-0.2, 0) is 25.6 Å². The van der Waals surface area contributed by atoms with Gasteiger partial charge in [0.25, 0.3) is 11.1 Å². The zero-order valence-electron chi connectivity index (χ0n) is 26.4. The first-order valence-electron chi connectivity index (χ1n) is 15.2. The fraction of sp³-hybridized carbons (Fsp3) is 0.429. The molecule has 0 saturated carbocycles. The van der Waals surface area contributed by atoms with Crippen LogP contribution in [0.2, 0.25) is 0 Å². The van der Waals surface area contributed by atoms with E-state index >= 15 is 0 Å². The van der Waals surface area contributed by atoms with Crippen LogP contribution in [0.25, 0.3) is 41.7 Å². The van der Waals surface area contributed by atoms with Crippen LogP contribution in [0.1, 0.15) is 46.5 Å². The average Bonchev–Trinajstić information content (AvgIpc) is 2.99. The second-order valence-electron chi connectivity index (χ2n) is 12.8. The molecular weight excluding hydrogens is 656 g/mol. The van der Waals surface area contributed by atoms with Gasteiger partial charge in [0, 0.05) is 44.0 Å². The molecule has 10 heteroatoms. The first-order valence-corrected chi connectivity index (χ1v) is 16.8. The zero-order chi connectivity index (χ0) is 32.5. The highest BCUT2D eigenvalue weighted by molar-refractivity contribution is 9.10. The maximum Gasteiger partial charge on any atom is 0.322 e. The number of benzene rings is 3. The highest BCUT2D eigenvalue weighted by atomic mass is 79.9. The van der Waals surface area contributed by atoms with Gasteiger partial charge in [-0.2, -0.15) is 0 Å². The number of likely N-dealkylation sites (N-methyl/N-ethyl adjacent to an activating group) is 1. The van der Waals surface area contributed by atoms with Gasteiger partial charge in [0.1, 0.15) is 10.9 Å². The molecule has 1 atom stereocenters. The Kier molecular flexibility index (Phi) is 9.68. The van der Waals surface area contributed by atoms with E-state index < -0.39 is 21.7 Å². The van der Waals surface area contributed by atoms with Crippen molar-refractivity contribution in [3.8, 4) is 0 Å². The molecule has 3 aromatic carbocycles. The first-order chi connectivity index (χ1) is 21.3. The van der Waals surface area contributed by atoms with Crippen molar-refractivity contribution in [3.05, 3.63) is 69.2 Å². The Morgan fingerprint density at radius 3 is 2.13 bits per heavy atom. The highest BCUT2D eigenvalue weighted by Gasteiger charge is 2.42. The van der Waals surface area contributed by atoms with Gasteiger partial charge in [-0.3, -0.25) is 23.7 Å². The van der Waals surface area contributed by atoms with Crippen LogP contribution in [0.3, 0.4) is 0 Å². The molecule has 0 saturated heterocycles. The summed E-state index contributed by atoms with van der Waals surface area (Å²) in [4.78, 5) is 54.5. The van der Waals surface area contributed by atoms with Crippen molar-refractivity contribution in [2.24, 2.45) is 5.41 Å². The summed E-state index contributed by atoms with van der Waals surface area (Å²) >= 11 is 5.12. The average molecular weight is 696 g/mol. The lowest BCUT2D eigenvalue weighted by Gasteiger charge is -2.30. The number of aromatic nitrogens is 1. The van der Waals surface area contributed by atoms with E-state index in [9.17, 15) is 19.2 Å². The zero-order valence-corrected chi connectivity index (χ0v) is 28.8. The van der Waals surface area contributed by atoms with Gasteiger partial charge in [-0.25, -0.2) is 0 Å². The maximum absolute atomic E-state index is 13.5. The van der Waals surface area contributed by atoms with Gasteiger partial charge in [-0.05, 0) is 95.6 Å². The van der Waals surface area contributed by atoms with Crippen LogP contribution in [0.15, 0.2) is 58.1 Å². The van der Waals surface area contributed by atoms with Gasteiger partial charge < -0.3 is 14.4 Å². The van der Waals surface area contributed by atoms with Gasteiger partial charge in [0.05, 0.1) is 12.0 Å². The number of hydrogen-bond acceptors (Lipinski definition) is 8. The van der Waals surface area contributed by atoms with Crippen LogP contribution in [0.4, 0.5) is 0 Å². The lowest BCUT2D eigenvalue weighted by atomic mass is 9.83. The Hall–Kier alpha value is -3.34. The Balaban J connectivity index is 1.20. The molecule has 238 valence electrons. The number of hydrogen-bond donors (Lipinski definition) is 0. The predicted molar refractivity (Wildman–Crippen MR) is 186 cm³/mol. The third-order valence-electron chi connectivity index (χ3n) is 8.25. The number of alkyl halides is 1. The van der Waals surface area contributed by atoms with E-state index in [1.807, 2.05) is 55.4 Å². The largest absolute Gasteiger partial charge is 0.465 e. The third-order valence-corrected chi connectivity index (χ3v) is 9.99. The number of pyridine rings is 1. The van der Waals surface area contributed by atoms with Gasteiger partial charge in [-0.1, -0.05) is 40.2 Å². The van der Waals surface area contributed by atoms with Crippen molar-refractivity contribution in [1.82, 2.24) is 9.47 Å². The fourth-order valence-corrected chi connectivity index (χ4v) is 7.90. The van der Waals surface area contributed by atoms with Crippen LogP contribution >= 0.6 is 27.3 Å². The van der Waals surface area contributed by atoms with Gasteiger partial charge >= 0.3 is 11.9 Å². The summed E-state index contributed by atoms with van der Waals surface area (Å²) in [6.45, 7) is 6.58. The number of unbranched alkanes of at least 4 members (excludes halogenated alkanes) is 2. The molecule has 0 spiro atoms. The molecule has 1 unspecified atom stereocenters. The number of halogens is 1. The lowest BCUT2D eigenvalue weighted by Crippen LogP contribution is -2.40. The van der Waals surface area contributed by atoms with E-state index in [1.54, 1.807) is 32.1 Å². The van der Waals surface area contributed by atoms with E-state index in [0.29, 0.717) is 36.6 Å². The molecular formula is C35H39BrN2O6S. The number of nitrogens with zero attached hydrogens (tertiary/aromatic N) is 2. The quantitative estimate of drug-likeness (QED) is 0.0445. The summed E-state index contributed by atoms with van der Waals surface area (Å²) in [5.41, 5.74) is -1.46. The number of fused-ring (bicyclic) bond motifs is 2. The molecule has 8 nitrogen and oxygen atoms in total. The summed E-state index contributed by atoms with van der Waals surface area (Å²) in [5.74, 6) is -0.813. The molecule has 5 aromatic rings. The van der Waals surface area contributed by atoms with E-state index in [2.05, 4.69) is 28.1 Å². The number of esters is 2. The number of ether oxygens (including phenoxy) is 2. The Morgan fingerprint density at radius 1 is 0.778 bits per heavy atom. The molecule has 2 aromatic heterocycles. The molecule has 2 heterocycles. The summed E-state index contributed by atoms with van der Waals surface area (Å²) in [6, 6.07) is 15.9. The van der Waals surface area contributed by atoms with Crippen molar-refractivity contribution in [1.29, 1.82) is 0 Å². The molecule has 0 aliphatic carbocycles. The fourth-order valence-electron chi connectivity index (χ4n) is 5.97. The van der Waals surface area contributed by atoms with Crippen molar-refractivity contribution < 1.29 is 19.1 Å². The summed E-state index contributed by atoms with van der Waals surface area (Å²) in [7, 11) is 3.80. The molecule has 0 amide bonds. The summed E-state index contributed by atoms with van der Waals surface area (Å²) in [5, 5.41) is 5.00. The van der Waals surface area contributed by atoms with Crippen LogP contribution in [0, 0.1) is 5.41 Å². The SMILES string of the molecule is CN(C)CCOC(=O)C(C)(Br)CC(C)(C)C(=O)OCCCCCn1c(=O)c2ccc3sc4ccccc4c4ccc(c1=O)c2c34. The minimum absolute atomic E-state index is 0.210. The number of carbonyl (C=O) groups excluding carboxylic acids is 2. The molecule has 45 heavy (non-hydrogen) atoms. The Bertz CT molecular complexity index is 1960. The standard InChI is InChI=1S/C35H39BrN2O6S/c1-34(2,21-35(3,36)33(42)44-20-18-37(4)5)32(41)43-19-10-6-9-17-38-30(39)24-14-13-23-22-11-7-8-12-26(22)45-27-16-15-25(31(38)40)28(24)29(23)27/h7-8,11-16H,6,9-10,17-21H2,1-5H3. The van der Waals surface area contributed by atoms with Crippen LogP contribution < -0.4 is 11.1 Å². The van der Waals surface area contributed by atoms with E-state index in [0.717, 1.165) is 30.9 Å². The minimum atomic E-state index is -1.03.